The number of aliphatic hydroxyl groups is 1. The lowest BCUT2D eigenvalue weighted by Gasteiger charge is -2.12. The summed E-state index contributed by atoms with van der Waals surface area (Å²) in [6, 6.07) is 6.37. The van der Waals surface area contributed by atoms with Gasteiger partial charge in [0.05, 0.1) is 4.92 Å². The van der Waals surface area contributed by atoms with Gasteiger partial charge in [-0.25, -0.2) is 0 Å². The van der Waals surface area contributed by atoms with Crippen molar-refractivity contribution in [1.29, 1.82) is 0 Å². The largest absolute Gasteiger partial charge is 0.491 e. The van der Waals surface area contributed by atoms with Gasteiger partial charge in [-0.1, -0.05) is 0 Å². The quantitative estimate of drug-likeness (QED) is 0.587. The number of ether oxygens (including phenoxy) is 1. The van der Waals surface area contributed by atoms with E-state index in [-0.39, 0.29) is 24.7 Å². The molecule has 2 rings (SSSR count). The molecule has 1 aromatic carbocycles. The second-order valence-electron chi connectivity index (χ2n) is 4.40. The van der Waals surface area contributed by atoms with E-state index in [1.165, 1.54) is 37.1 Å². The van der Waals surface area contributed by atoms with Crippen molar-refractivity contribution in [2.24, 2.45) is 0 Å². The van der Waals surface area contributed by atoms with Crippen LogP contribution in [-0.2, 0) is 0 Å². The molecular formula is C12H17ClN2O4. The van der Waals surface area contributed by atoms with Gasteiger partial charge >= 0.3 is 0 Å². The number of halogens is 1. The van der Waals surface area contributed by atoms with Crippen molar-refractivity contribution in [2.75, 3.05) is 13.2 Å². The number of rotatable bonds is 7. The second-order valence-corrected chi connectivity index (χ2v) is 4.40. The molecule has 0 saturated heterocycles. The van der Waals surface area contributed by atoms with Crippen molar-refractivity contribution >= 4 is 18.1 Å². The van der Waals surface area contributed by atoms with E-state index < -0.39 is 11.0 Å². The van der Waals surface area contributed by atoms with Crippen LogP contribution in [0.3, 0.4) is 0 Å². The molecule has 19 heavy (non-hydrogen) atoms. The number of non-ortho nitro benzene ring substituents is 1. The van der Waals surface area contributed by atoms with Crippen molar-refractivity contribution < 1.29 is 14.8 Å². The van der Waals surface area contributed by atoms with Gasteiger partial charge in [0.25, 0.3) is 5.69 Å². The molecule has 0 bridgehead atoms. The summed E-state index contributed by atoms with van der Waals surface area (Å²) in [5.74, 6) is 0.520. The number of hydrogen-bond acceptors (Lipinski definition) is 5. The Morgan fingerprint density at radius 1 is 1.42 bits per heavy atom. The topological polar surface area (TPSA) is 84.6 Å². The molecule has 0 radical (unpaired) electrons. The average molecular weight is 289 g/mol. The molecule has 1 saturated carbocycles. The van der Waals surface area contributed by atoms with E-state index >= 15 is 0 Å². The molecule has 0 aromatic heterocycles. The van der Waals surface area contributed by atoms with Gasteiger partial charge in [-0.2, -0.15) is 0 Å². The van der Waals surface area contributed by atoms with Crippen LogP contribution >= 0.6 is 12.4 Å². The van der Waals surface area contributed by atoms with Gasteiger partial charge in [-0.3, -0.25) is 10.1 Å². The molecule has 0 heterocycles. The van der Waals surface area contributed by atoms with Crippen molar-refractivity contribution in [3.8, 4) is 5.75 Å². The minimum absolute atomic E-state index is 0. The Morgan fingerprint density at radius 2 is 2.05 bits per heavy atom. The zero-order valence-electron chi connectivity index (χ0n) is 10.3. The summed E-state index contributed by atoms with van der Waals surface area (Å²) in [6.07, 6.45) is 1.78. The normalized spacial score (nSPS) is 15.4. The number of nitro benzene ring substituents is 1. The Bertz CT molecular complexity index is 409. The first-order valence-electron chi connectivity index (χ1n) is 5.94. The summed E-state index contributed by atoms with van der Waals surface area (Å²) < 4.78 is 5.34. The molecule has 0 amide bonds. The first-order chi connectivity index (χ1) is 8.65. The molecule has 106 valence electrons. The Morgan fingerprint density at radius 3 is 2.58 bits per heavy atom. The van der Waals surface area contributed by atoms with Crippen LogP contribution in [0.1, 0.15) is 12.8 Å². The molecule has 1 aliphatic carbocycles. The van der Waals surface area contributed by atoms with Gasteiger partial charge in [0, 0.05) is 24.7 Å². The molecular weight excluding hydrogens is 272 g/mol. The third kappa shape index (κ3) is 5.42. The van der Waals surface area contributed by atoms with Crippen LogP contribution in [-0.4, -0.2) is 35.3 Å². The van der Waals surface area contributed by atoms with Gasteiger partial charge in [0.15, 0.2) is 0 Å². The van der Waals surface area contributed by atoms with Crippen molar-refractivity contribution in [3.63, 3.8) is 0 Å². The maximum absolute atomic E-state index is 10.4. The lowest BCUT2D eigenvalue weighted by molar-refractivity contribution is -0.384. The van der Waals surface area contributed by atoms with E-state index in [1.807, 2.05) is 0 Å². The van der Waals surface area contributed by atoms with E-state index in [4.69, 9.17) is 4.74 Å². The number of hydrogen-bond donors (Lipinski definition) is 2. The van der Waals surface area contributed by atoms with Crippen molar-refractivity contribution in [2.45, 2.75) is 25.0 Å². The minimum atomic E-state index is -0.569. The van der Waals surface area contributed by atoms with E-state index in [2.05, 4.69) is 5.32 Å². The number of aliphatic hydroxyl groups excluding tert-OH is 1. The van der Waals surface area contributed by atoms with Crippen LogP contribution in [0.5, 0.6) is 5.75 Å². The van der Waals surface area contributed by atoms with Gasteiger partial charge in [-0.05, 0) is 25.0 Å². The Kier molecular flexibility index (Phi) is 6.01. The number of benzene rings is 1. The Hall–Kier alpha value is -1.37. The monoisotopic (exact) mass is 288 g/mol. The molecule has 2 N–H and O–H groups in total. The van der Waals surface area contributed by atoms with Crippen LogP contribution < -0.4 is 10.1 Å². The first kappa shape index (κ1) is 15.7. The number of nitro groups is 1. The van der Waals surface area contributed by atoms with Crippen LogP contribution in [0.25, 0.3) is 0 Å². The summed E-state index contributed by atoms with van der Waals surface area (Å²) in [5, 5.41) is 23.3. The number of nitrogens with zero attached hydrogens (tertiary/aromatic N) is 1. The van der Waals surface area contributed by atoms with Crippen LogP contribution in [0.15, 0.2) is 24.3 Å². The van der Waals surface area contributed by atoms with Gasteiger partial charge in [0.2, 0.25) is 0 Å². The maximum atomic E-state index is 10.4. The van der Waals surface area contributed by atoms with Gasteiger partial charge in [-0.15, -0.1) is 12.4 Å². The lowest BCUT2D eigenvalue weighted by atomic mass is 10.3. The summed E-state index contributed by atoms with van der Waals surface area (Å²) >= 11 is 0. The molecule has 7 heteroatoms. The van der Waals surface area contributed by atoms with Gasteiger partial charge in [0.1, 0.15) is 18.5 Å². The SMILES string of the molecule is Cl.O=[N+]([O-])c1ccc(OCC(O)CNC2CC2)cc1. The Balaban J connectivity index is 0.00000180. The summed E-state index contributed by atoms with van der Waals surface area (Å²) in [5.41, 5.74) is 0.0262. The standard InChI is InChI=1S/C12H16N2O4.ClH/c15-11(7-13-9-1-2-9)8-18-12-5-3-10(4-6-12)14(16)17;/h3-6,9,11,13,15H,1-2,7-8H2;1H. The third-order valence-electron chi connectivity index (χ3n) is 2.71. The van der Waals surface area contributed by atoms with Crippen LogP contribution in [0.4, 0.5) is 5.69 Å². The molecule has 0 spiro atoms. The van der Waals surface area contributed by atoms with E-state index in [0.29, 0.717) is 18.3 Å². The summed E-state index contributed by atoms with van der Waals surface area (Å²) in [6.45, 7) is 0.690. The van der Waals surface area contributed by atoms with Crippen molar-refractivity contribution in [1.82, 2.24) is 5.32 Å². The molecule has 0 aliphatic heterocycles. The van der Waals surface area contributed by atoms with Crippen LogP contribution in [0, 0.1) is 10.1 Å². The fourth-order valence-electron chi connectivity index (χ4n) is 1.51. The fourth-order valence-corrected chi connectivity index (χ4v) is 1.51. The molecule has 1 aliphatic rings. The van der Waals surface area contributed by atoms with E-state index in [1.54, 1.807) is 0 Å². The predicted octanol–water partition coefficient (Wildman–Crippen LogP) is 1.51. The highest BCUT2D eigenvalue weighted by Gasteiger charge is 2.21. The smallest absolute Gasteiger partial charge is 0.269 e. The minimum Gasteiger partial charge on any atom is -0.491 e. The molecule has 1 unspecified atom stereocenters. The molecule has 6 nitrogen and oxygen atoms in total. The first-order valence-corrected chi connectivity index (χ1v) is 5.94. The molecule has 1 fully saturated rings. The summed E-state index contributed by atoms with van der Waals surface area (Å²) in [7, 11) is 0. The highest BCUT2D eigenvalue weighted by atomic mass is 35.5. The third-order valence-corrected chi connectivity index (χ3v) is 2.71. The maximum Gasteiger partial charge on any atom is 0.269 e. The zero-order chi connectivity index (χ0) is 13.0. The fraction of sp³-hybridized carbons (Fsp3) is 0.500. The second kappa shape index (κ2) is 7.28. The number of nitrogens with one attached hydrogen (secondary N) is 1. The van der Waals surface area contributed by atoms with E-state index in [0.717, 1.165) is 0 Å². The predicted molar refractivity (Wildman–Crippen MR) is 72.9 cm³/mol. The molecule has 1 atom stereocenters. The van der Waals surface area contributed by atoms with E-state index in [9.17, 15) is 15.2 Å². The molecule has 1 aromatic rings. The lowest BCUT2D eigenvalue weighted by Crippen LogP contribution is -2.32. The highest BCUT2D eigenvalue weighted by molar-refractivity contribution is 5.85. The van der Waals surface area contributed by atoms with Gasteiger partial charge < -0.3 is 15.2 Å². The highest BCUT2D eigenvalue weighted by Crippen LogP contribution is 2.19. The summed E-state index contributed by atoms with van der Waals surface area (Å²) in [4.78, 5) is 9.99. The van der Waals surface area contributed by atoms with Crippen LogP contribution in [0.2, 0.25) is 0 Å². The Labute approximate surface area is 117 Å². The zero-order valence-corrected chi connectivity index (χ0v) is 11.1. The average Bonchev–Trinajstić information content (AvgIpc) is 3.18. The van der Waals surface area contributed by atoms with Crippen molar-refractivity contribution in [3.05, 3.63) is 34.4 Å².